The third-order valence-corrected chi connectivity index (χ3v) is 2.36. The van der Waals surface area contributed by atoms with E-state index in [9.17, 15) is 0 Å². The molecule has 2 aromatic heterocycles. The van der Waals surface area contributed by atoms with E-state index in [-0.39, 0.29) is 0 Å². The van der Waals surface area contributed by atoms with Crippen LogP contribution in [0, 0.1) is 13.8 Å². The lowest BCUT2D eigenvalue weighted by Crippen LogP contribution is -2.04. The molecule has 78 valence electrons. The van der Waals surface area contributed by atoms with Crippen LogP contribution in [-0.4, -0.2) is 24.7 Å². The predicted octanol–water partition coefficient (Wildman–Crippen LogP) is 1.41. The third-order valence-electron chi connectivity index (χ3n) is 2.08. The SMILES string of the molecule is Cc1nnc(-n2cnc(CCl)c2)nc1C. The van der Waals surface area contributed by atoms with Gasteiger partial charge in [-0.25, -0.2) is 9.97 Å². The molecular weight excluding hydrogens is 214 g/mol. The highest BCUT2D eigenvalue weighted by molar-refractivity contribution is 6.16. The molecule has 15 heavy (non-hydrogen) atoms. The zero-order valence-electron chi connectivity index (χ0n) is 8.48. The molecule has 0 fully saturated rings. The highest BCUT2D eigenvalue weighted by atomic mass is 35.5. The van der Waals surface area contributed by atoms with Gasteiger partial charge in [-0.05, 0) is 13.8 Å². The summed E-state index contributed by atoms with van der Waals surface area (Å²) in [5.74, 6) is 0.896. The summed E-state index contributed by atoms with van der Waals surface area (Å²) in [6, 6.07) is 0. The maximum absolute atomic E-state index is 5.65. The Kier molecular flexibility index (Phi) is 2.64. The standard InChI is InChI=1S/C9H10ClN5/c1-6-7(2)13-14-9(12-6)15-4-8(3-10)11-5-15/h4-5H,3H2,1-2H3. The fourth-order valence-electron chi connectivity index (χ4n) is 1.10. The Morgan fingerprint density at radius 3 is 2.67 bits per heavy atom. The number of imidazole rings is 1. The van der Waals surface area contributed by atoms with Crippen molar-refractivity contribution >= 4 is 11.6 Å². The molecule has 0 aliphatic heterocycles. The molecule has 0 saturated carbocycles. The van der Waals surface area contributed by atoms with E-state index >= 15 is 0 Å². The first-order chi connectivity index (χ1) is 7.20. The summed E-state index contributed by atoms with van der Waals surface area (Å²) in [6.07, 6.45) is 3.42. The number of hydrogen-bond donors (Lipinski definition) is 0. The molecule has 2 rings (SSSR count). The molecule has 0 spiro atoms. The molecule has 5 nitrogen and oxygen atoms in total. The van der Waals surface area contributed by atoms with Gasteiger partial charge in [0, 0.05) is 6.20 Å². The maximum atomic E-state index is 5.65. The van der Waals surface area contributed by atoms with Crippen LogP contribution in [0.1, 0.15) is 17.1 Å². The first-order valence-electron chi connectivity index (χ1n) is 4.48. The molecule has 0 unspecified atom stereocenters. The molecule has 0 aromatic carbocycles. The van der Waals surface area contributed by atoms with Crippen LogP contribution in [0.15, 0.2) is 12.5 Å². The monoisotopic (exact) mass is 223 g/mol. The Balaban J connectivity index is 2.40. The van der Waals surface area contributed by atoms with Crippen LogP contribution >= 0.6 is 11.6 Å². The van der Waals surface area contributed by atoms with Crippen molar-refractivity contribution < 1.29 is 0 Å². The fraction of sp³-hybridized carbons (Fsp3) is 0.333. The van der Waals surface area contributed by atoms with Gasteiger partial charge in [0.2, 0.25) is 0 Å². The Hall–Kier alpha value is -1.49. The van der Waals surface area contributed by atoms with Crippen LogP contribution in [0.4, 0.5) is 0 Å². The van der Waals surface area contributed by atoms with Gasteiger partial charge in [0.15, 0.2) is 0 Å². The summed E-state index contributed by atoms with van der Waals surface area (Å²) < 4.78 is 1.71. The van der Waals surface area contributed by atoms with Crippen molar-refractivity contribution in [1.82, 2.24) is 24.7 Å². The Morgan fingerprint density at radius 2 is 2.07 bits per heavy atom. The summed E-state index contributed by atoms with van der Waals surface area (Å²) >= 11 is 5.65. The smallest absolute Gasteiger partial charge is 0.255 e. The lowest BCUT2D eigenvalue weighted by molar-refractivity contribution is 0.814. The zero-order chi connectivity index (χ0) is 10.8. The topological polar surface area (TPSA) is 56.5 Å². The average molecular weight is 224 g/mol. The Morgan fingerprint density at radius 1 is 1.27 bits per heavy atom. The molecule has 0 amide bonds. The van der Waals surface area contributed by atoms with Gasteiger partial charge in [0.05, 0.1) is 23.0 Å². The van der Waals surface area contributed by atoms with Crippen molar-refractivity contribution in [3.63, 3.8) is 0 Å². The minimum atomic E-state index is 0.380. The van der Waals surface area contributed by atoms with E-state index in [4.69, 9.17) is 11.6 Å². The first-order valence-corrected chi connectivity index (χ1v) is 5.01. The van der Waals surface area contributed by atoms with Crippen LogP contribution in [-0.2, 0) is 5.88 Å². The maximum Gasteiger partial charge on any atom is 0.255 e. The quantitative estimate of drug-likeness (QED) is 0.723. The van der Waals surface area contributed by atoms with Crippen LogP contribution in [0.5, 0.6) is 0 Å². The van der Waals surface area contributed by atoms with Crippen molar-refractivity contribution in [3.05, 3.63) is 29.6 Å². The average Bonchev–Trinajstić information content (AvgIpc) is 2.70. The summed E-state index contributed by atoms with van der Waals surface area (Å²) in [5, 5.41) is 7.97. The lowest BCUT2D eigenvalue weighted by atomic mass is 10.4. The molecule has 0 aliphatic carbocycles. The van der Waals surface area contributed by atoms with Gasteiger partial charge in [-0.1, -0.05) is 0 Å². The van der Waals surface area contributed by atoms with E-state index in [0.29, 0.717) is 11.8 Å². The second kappa shape index (κ2) is 3.94. The van der Waals surface area contributed by atoms with Gasteiger partial charge in [0.1, 0.15) is 6.33 Å². The molecule has 6 heteroatoms. The van der Waals surface area contributed by atoms with Crippen molar-refractivity contribution in [2.24, 2.45) is 0 Å². The number of halogens is 1. The second-order valence-corrected chi connectivity index (χ2v) is 3.46. The van der Waals surface area contributed by atoms with Gasteiger partial charge in [-0.15, -0.1) is 16.7 Å². The lowest BCUT2D eigenvalue weighted by Gasteiger charge is -2.01. The molecule has 0 aliphatic rings. The summed E-state index contributed by atoms with van der Waals surface area (Å²) in [5.41, 5.74) is 2.48. The number of nitrogens with zero attached hydrogens (tertiary/aromatic N) is 5. The highest BCUT2D eigenvalue weighted by Crippen LogP contribution is 2.06. The fourth-order valence-corrected chi connectivity index (χ4v) is 1.23. The third kappa shape index (κ3) is 1.97. The minimum Gasteiger partial charge on any atom is -0.273 e. The van der Waals surface area contributed by atoms with Crippen molar-refractivity contribution in [1.29, 1.82) is 0 Å². The number of aromatic nitrogens is 5. The van der Waals surface area contributed by atoms with Crippen molar-refractivity contribution in [3.8, 4) is 5.95 Å². The van der Waals surface area contributed by atoms with Gasteiger partial charge >= 0.3 is 0 Å². The van der Waals surface area contributed by atoms with Gasteiger partial charge in [-0.3, -0.25) is 4.57 Å². The number of rotatable bonds is 2. The van der Waals surface area contributed by atoms with Crippen LogP contribution in [0.2, 0.25) is 0 Å². The molecule has 0 saturated heterocycles. The Bertz CT molecular complexity index is 479. The first kappa shape index (κ1) is 10.0. The van der Waals surface area contributed by atoms with E-state index in [2.05, 4.69) is 20.2 Å². The largest absolute Gasteiger partial charge is 0.273 e. The van der Waals surface area contributed by atoms with Crippen molar-refractivity contribution in [2.45, 2.75) is 19.7 Å². The normalized spacial score (nSPS) is 10.6. The van der Waals surface area contributed by atoms with Crippen LogP contribution < -0.4 is 0 Å². The highest BCUT2D eigenvalue weighted by Gasteiger charge is 2.04. The molecule has 0 bridgehead atoms. The molecular formula is C9H10ClN5. The number of hydrogen-bond acceptors (Lipinski definition) is 4. The Labute approximate surface area is 92.2 Å². The van der Waals surface area contributed by atoms with E-state index in [1.54, 1.807) is 17.1 Å². The van der Waals surface area contributed by atoms with E-state index in [0.717, 1.165) is 17.1 Å². The molecule has 2 aromatic rings. The molecule has 0 radical (unpaired) electrons. The summed E-state index contributed by atoms with van der Waals surface area (Å²) in [7, 11) is 0. The van der Waals surface area contributed by atoms with E-state index in [1.165, 1.54) is 0 Å². The number of alkyl halides is 1. The van der Waals surface area contributed by atoms with Gasteiger partial charge in [0.25, 0.3) is 5.95 Å². The molecule has 2 heterocycles. The number of aryl methyl sites for hydroxylation is 2. The zero-order valence-corrected chi connectivity index (χ0v) is 9.23. The van der Waals surface area contributed by atoms with Crippen LogP contribution in [0.3, 0.4) is 0 Å². The predicted molar refractivity (Wildman–Crippen MR) is 56.0 cm³/mol. The van der Waals surface area contributed by atoms with E-state index < -0.39 is 0 Å². The van der Waals surface area contributed by atoms with Gasteiger partial charge in [-0.2, -0.15) is 5.10 Å². The summed E-state index contributed by atoms with van der Waals surface area (Å²) in [6.45, 7) is 3.77. The van der Waals surface area contributed by atoms with Gasteiger partial charge < -0.3 is 0 Å². The molecule has 0 N–H and O–H groups in total. The van der Waals surface area contributed by atoms with Crippen molar-refractivity contribution in [2.75, 3.05) is 0 Å². The summed E-state index contributed by atoms with van der Waals surface area (Å²) in [4.78, 5) is 8.38. The van der Waals surface area contributed by atoms with E-state index in [1.807, 2.05) is 13.8 Å². The molecule has 0 atom stereocenters. The second-order valence-electron chi connectivity index (χ2n) is 3.19. The van der Waals surface area contributed by atoms with Crippen LogP contribution in [0.25, 0.3) is 5.95 Å². The minimum absolute atomic E-state index is 0.380.